The molecule has 0 atom stereocenters. The zero-order valence-electron chi connectivity index (χ0n) is 8.12. The van der Waals surface area contributed by atoms with Gasteiger partial charge in [-0.2, -0.15) is 0 Å². The van der Waals surface area contributed by atoms with Crippen LogP contribution in [0.25, 0.3) is 0 Å². The summed E-state index contributed by atoms with van der Waals surface area (Å²) in [5.74, 6) is 0. The minimum atomic E-state index is 0. The Balaban J connectivity index is -0.000000114. The Labute approximate surface area is 70.3 Å². The molecule has 1 aliphatic rings. The van der Waals surface area contributed by atoms with Gasteiger partial charge in [0.05, 0.1) is 7.18 Å². The molecule has 0 amide bonds. The Morgan fingerprint density at radius 2 is 0.727 bits per heavy atom. The van der Waals surface area contributed by atoms with E-state index >= 15 is 0 Å². The molecule has 0 heterocycles. The third-order valence-electron chi connectivity index (χ3n) is 1.50. The van der Waals surface area contributed by atoms with Gasteiger partial charge in [0, 0.05) is 0 Å². The fraction of sp³-hybridized carbons (Fsp3) is 1.00. The van der Waals surface area contributed by atoms with Crippen LogP contribution in [0.4, 0.5) is 4.39 Å². The van der Waals surface area contributed by atoms with Gasteiger partial charge < -0.3 is 5.48 Å². The van der Waals surface area contributed by atoms with E-state index in [9.17, 15) is 4.39 Å². The number of hydrogen-bond donors (Lipinski definition) is 0. The molecule has 0 aliphatic heterocycles. The summed E-state index contributed by atoms with van der Waals surface area (Å²) in [5, 5.41) is 0. The first-order chi connectivity index (χ1) is 5.00. The Morgan fingerprint density at radius 3 is 0.818 bits per heavy atom. The van der Waals surface area contributed by atoms with Gasteiger partial charge in [-0.3, -0.25) is 4.39 Å². The lowest BCUT2D eigenvalue weighted by atomic mass is 10.0. The van der Waals surface area contributed by atoms with Crippen molar-refractivity contribution in [3.8, 4) is 0 Å². The summed E-state index contributed by atoms with van der Waals surface area (Å²) in [4.78, 5) is 0. The van der Waals surface area contributed by atoms with Crippen LogP contribution < -0.4 is 0 Å². The van der Waals surface area contributed by atoms with Crippen molar-refractivity contribution in [2.24, 2.45) is 0 Å². The monoisotopic (exact) mass is 166 g/mol. The summed E-state index contributed by atoms with van der Waals surface area (Å²) in [6, 6.07) is 0. The van der Waals surface area contributed by atoms with E-state index in [2.05, 4.69) is 0 Å². The van der Waals surface area contributed by atoms with Gasteiger partial charge in [0.15, 0.2) is 0 Å². The van der Waals surface area contributed by atoms with Crippen molar-refractivity contribution in [3.05, 3.63) is 0 Å². The predicted octanol–water partition coefficient (Wildman–Crippen LogP) is 3.13. The van der Waals surface area contributed by atoms with E-state index in [1.54, 1.807) is 0 Å². The maximum absolute atomic E-state index is 9.50. The van der Waals surface area contributed by atoms with Crippen LogP contribution in [0.5, 0.6) is 0 Å². The van der Waals surface area contributed by atoms with Crippen molar-refractivity contribution < 1.29 is 9.87 Å². The molecule has 0 bridgehead atoms. The fourth-order valence-corrected chi connectivity index (χ4v) is 1.06. The Hall–Kier alpha value is -0.110. The van der Waals surface area contributed by atoms with Gasteiger partial charge in [0.25, 0.3) is 0 Å². The van der Waals surface area contributed by atoms with Crippen molar-refractivity contribution in [2.45, 2.75) is 52.4 Å². The largest absolute Gasteiger partial charge is 0.412 e. The molecule has 0 spiro atoms. The third kappa shape index (κ3) is 17.7. The number of halogens is 1. The van der Waals surface area contributed by atoms with Gasteiger partial charge >= 0.3 is 0 Å². The predicted molar refractivity (Wildman–Crippen MR) is 49.7 cm³/mol. The van der Waals surface area contributed by atoms with Crippen LogP contribution >= 0.6 is 0 Å². The van der Waals surface area contributed by atoms with E-state index in [0.717, 1.165) is 0 Å². The van der Waals surface area contributed by atoms with Crippen molar-refractivity contribution in [3.63, 3.8) is 0 Å². The van der Waals surface area contributed by atoms with E-state index in [-0.39, 0.29) is 5.48 Å². The lowest BCUT2D eigenvalue weighted by Gasteiger charge is -2.05. The van der Waals surface area contributed by atoms with Gasteiger partial charge in [0.2, 0.25) is 0 Å². The van der Waals surface area contributed by atoms with Gasteiger partial charge in [-0.25, -0.2) is 0 Å². The molecule has 2 N–H and O–H groups in total. The van der Waals surface area contributed by atoms with E-state index in [0.29, 0.717) is 7.18 Å². The minimum Gasteiger partial charge on any atom is -0.412 e. The molecule has 1 saturated carbocycles. The molecule has 0 aromatic rings. The number of alkyl halides is 1. The number of rotatable bonds is 0. The van der Waals surface area contributed by atoms with Crippen LogP contribution in [-0.4, -0.2) is 12.7 Å². The maximum Gasteiger partial charge on any atom is 0.0785 e. The highest BCUT2D eigenvalue weighted by atomic mass is 19.1. The average Bonchev–Trinajstić information content (AvgIpc) is 2.14. The van der Waals surface area contributed by atoms with E-state index in [1.807, 2.05) is 13.8 Å². The summed E-state index contributed by atoms with van der Waals surface area (Å²) in [6.07, 6.45) is 9.00. The molecule has 0 aromatic carbocycles. The van der Waals surface area contributed by atoms with Crippen LogP contribution in [0.3, 0.4) is 0 Å². The minimum absolute atomic E-state index is 0. The molecule has 1 aliphatic carbocycles. The molecule has 72 valence electrons. The third-order valence-corrected chi connectivity index (χ3v) is 1.50. The molecular weight excluding hydrogens is 143 g/mol. The summed E-state index contributed by atoms with van der Waals surface area (Å²) in [5.41, 5.74) is 0. The molecule has 0 unspecified atom stereocenters. The van der Waals surface area contributed by atoms with Crippen molar-refractivity contribution in [1.29, 1.82) is 0 Å². The molecule has 0 aromatic heterocycles. The molecule has 1 nitrogen and oxygen atoms in total. The summed E-state index contributed by atoms with van der Waals surface area (Å²) < 4.78 is 9.50. The fourth-order valence-electron chi connectivity index (χ4n) is 1.06. The zero-order valence-corrected chi connectivity index (χ0v) is 8.12. The Kier molecular flexibility index (Phi) is 35.0. The van der Waals surface area contributed by atoms with Crippen LogP contribution in [-0.2, 0) is 0 Å². The smallest absolute Gasteiger partial charge is 0.0785 e. The second kappa shape index (κ2) is 22.5. The highest BCUT2D eigenvalue weighted by Gasteiger charge is 1.95. The normalized spacial score (nSPS) is 14.2. The van der Waals surface area contributed by atoms with Gasteiger partial charge in [-0.05, 0) is 0 Å². The van der Waals surface area contributed by atoms with Gasteiger partial charge in [-0.15, -0.1) is 0 Å². The first-order valence-electron chi connectivity index (χ1n) is 4.38. The zero-order chi connectivity index (χ0) is 8.24. The van der Waals surface area contributed by atoms with Crippen LogP contribution in [0, 0.1) is 0 Å². The van der Waals surface area contributed by atoms with Gasteiger partial charge in [0.1, 0.15) is 0 Å². The molecule has 11 heavy (non-hydrogen) atoms. The second-order valence-corrected chi connectivity index (χ2v) is 2.12. The lowest BCUT2D eigenvalue weighted by Crippen LogP contribution is -1.85. The first-order valence-corrected chi connectivity index (χ1v) is 4.38. The quantitative estimate of drug-likeness (QED) is 0.529. The maximum atomic E-state index is 9.50. The number of hydrogen-bond acceptors (Lipinski definition) is 0. The molecule has 0 radical (unpaired) electrons. The summed E-state index contributed by atoms with van der Waals surface area (Å²) in [7, 11) is 0.500. The average molecular weight is 166 g/mol. The summed E-state index contributed by atoms with van der Waals surface area (Å²) >= 11 is 0. The summed E-state index contributed by atoms with van der Waals surface area (Å²) in [6.45, 7) is 4.00. The highest BCUT2D eigenvalue weighted by molar-refractivity contribution is 4.51. The molecule has 1 fully saturated rings. The topological polar surface area (TPSA) is 31.5 Å². The second-order valence-electron chi connectivity index (χ2n) is 2.12. The molecule has 2 heteroatoms. The van der Waals surface area contributed by atoms with E-state index in [1.165, 1.54) is 38.5 Å². The van der Waals surface area contributed by atoms with Crippen LogP contribution in [0.15, 0.2) is 0 Å². The first kappa shape index (κ1) is 17.1. The molecule has 0 saturated heterocycles. The standard InChI is InChI=1S/C6H12.C2H6.CH3F.H2O/c1-2-4-6-5-3-1;2*1-2;/h1-6H2;1-2H3;1H3;1H2. The van der Waals surface area contributed by atoms with Crippen molar-refractivity contribution in [2.75, 3.05) is 7.18 Å². The lowest BCUT2D eigenvalue weighted by molar-refractivity contribution is 0.504. The highest BCUT2D eigenvalue weighted by Crippen LogP contribution is 2.15. The Bertz CT molecular complexity index is 25.0. The SMILES string of the molecule is C1CCCCC1.CC.CF.O. The molecule has 1 rings (SSSR count). The van der Waals surface area contributed by atoms with Crippen LogP contribution in [0.1, 0.15) is 52.4 Å². The van der Waals surface area contributed by atoms with Crippen molar-refractivity contribution >= 4 is 0 Å². The Morgan fingerprint density at radius 1 is 0.636 bits per heavy atom. The van der Waals surface area contributed by atoms with Crippen molar-refractivity contribution in [1.82, 2.24) is 0 Å². The van der Waals surface area contributed by atoms with Crippen LogP contribution in [0.2, 0.25) is 0 Å². The van der Waals surface area contributed by atoms with Gasteiger partial charge in [-0.1, -0.05) is 52.4 Å². The van der Waals surface area contributed by atoms with E-state index < -0.39 is 0 Å². The molecular formula is C9H23FO. The van der Waals surface area contributed by atoms with E-state index in [4.69, 9.17) is 0 Å².